The molecule has 0 saturated heterocycles. The van der Waals surface area contributed by atoms with E-state index in [0.29, 0.717) is 0 Å². The molecule has 0 saturated carbocycles. The Hall–Kier alpha value is -1.59. The molecule has 0 radical (unpaired) electrons. The Kier molecular flexibility index (Phi) is 6.48. The molecule has 0 aliphatic carbocycles. The molecule has 2 rings (SSSR count). The Balaban J connectivity index is 0.000000444. The minimum absolute atomic E-state index is 0.900. The van der Waals surface area contributed by atoms with Crippen molar-refractivity contribution >= 4 is 22.2 Å². The molecule has 0 fully saturated rings. The van der Waals surface area contributed by atoms with Crippen molar-refractivity contribution in [3.05, 3.63) is 40.9 Å². The van der Waals surface area contributed by atoms with E-state index in [9.17, 15) is 0 Å². The van der Waals surface area contributed by atoms with Crippen LogP contribution in [0.3, 0.4) is 0 Å². The van der Waals surface area contributed by atoms with E-state index in [1.807, 2.05) is 61.4 Å². The van der Waals surface area contributed by atoms with Crippen molar-refractivity contribution in [3.63, 3.8) is 0 Å². The fourth-order valence-electron chi connectivity index (χ4n) is 1.31. The highest BCUT2D eigenvalue weighted by molar-refractivity contribution is 7.12. The van der Waals surface area contributed by atoms with Crippen LogP contribution in [0.25, 0.3) is 0 Å². The minimum atomic E-state index is 0.900. The first-order chi connectivity index (χ1) is 9.40. The first-order valence-electron chi connectivity index (χ1n) is 6.43. The molecule has 0 N–H and O–H groups in total. The van der Waals surface area contributed by atoms with E-state index >= 15 is 0 Å². The second-order valence-electron chi connectivity index (χ2n) is 5.11. The lowest BCUT2D eigenvalue weighted by Crippen LogP contribution is -2.23. The van der Waals surface area contributed by atoms with Crippen molar-refractivity contribution in [1.29, 1.82) is 0 Å². The quantitative estimate of drug-likeness (QED) is 0.612. The molecule has 4 nitrogen and oxygen atoms in total. The number of aryl methyl sites for hydroxylation is 3. The van der Waals surface area contributed by atoms with Gasteiger partial charge < -0.3 is 4.90 Å². The molecule has 1 aromatic carbocycles. The molecule has 2 aromatic rings. The third kappa shape index (κ3) is 5.59. The van der Waals surface area contributed by atoms with E-state index in [-0.39, 0.29) is 0 Å². The van der Waals surface area contributed by atoms with E-state index in [2.05, 4.69) is 30.1 Å². The Morgan fingerprint density at radius 1 is 1.05 bits per heavy atom. The SMILES string of the molecule is CN(C)C.Cc1ccc(N=Nc2scc[n+]2C)cc1C. The van der Waals surface area contributed by atoms with Gasteiger partial charge in [0.2, 0.25) is 0 Å². The number of hydrogen-bond donors (Lipinski definition) is 0. The summed E-state index contributed by atoms with van der Waals surface area (Å²) in [4.78, 5) is 2.00. The maximum atomic E-state index is 4.23. The molecule has 1 aromatic heterocycles. The van der Waals surface area contributed by atoms with Crippen molar-refractivity contribution < 1.29 is 4.57 Å². The van der Waals surface area contributed by atoms with Gasteiger partial charge in [-0.2, -0.15) is 0 Å². The lowest BCUT2D eigenvalue weighted by molar-refractivity contribution is -0.654. The van der Waals surface area contributed by atoms with Crippen molar-refractivity contribution in [2.75, 3.05) is 21.1 Å². The molecule has 0 atom stereocenters. The molecule has 0 aliphatic rings. The Labute approximate surface area is 125 Å². The van der Waals surface area contributed by atoms with Gasteiger partial charge in [-0.25, -0.2) is 4.57 Å². The van der Waals surface area contributed by atoms with E-state index in [1.165, 1.54) is 11.1 Å². The fourth-order valence-corrected chi connectivity index (χ4v) is 1.99. The van der Waals surface area contributed by atoms with Gasteiger partial charge in [0.15, 0.2) is 0 Å². The molecule has 0 spiro atoms. The first-order valence-corrected chi connectivity index (χ1v) is 7.31. The standard InChI is InChI=1S/C12H14N3S.C3H9N/c1-9-4-5-11(8-10(9)2)13-14-12-15(3)6-7-16-12;1-4(2)3/h4-8H,1-3H3;1-3H3/q+1;. The summed E-state index contributed by atoms with van der Waals surface area (Å²) in [6.07, 6.45) is 1.97. The lowest BCUT2D eigenvalue weighted by atomic mass is 10.1. The summed E-state index contributed by atoms with van der Waals surface area (Å²) in [7, 11) is 7.96. The van der Waals surface area contributed by atoms with Crippen molar-refractivity contribution in [3.8, 4) is 0 Å². The molecule has 1 heterocycles. The fraction of sp³-hybridized carbons (Fsp3) is 0.400. The molecule has 5 heteroatoms. The molecule has 0 unspecified atom stereocenters. The van der Waals surface area contributed by atoms with Crippen LogP contribution < -0.4 is 4.57 Å². The van der Waals surface area contributed by atoms with Gasteiger partial charge in [-0.1, -0.05) is 6.07 Å². The third-order valence-electron chi connectivity index (χ3n) is 2.50. The van der Waals surface area contributed by atoms with Crippen LogP contribution in [-0.2, 0) is 7.05 Å². The molecular formula is C15H23N4S+. The molecule has 20 heavy (non-hydrogen) atoms. The first kappa shape index (κ1) is 16.5. The summed E-state index contributed by atoms with van der Waals surface area (Å²) < 4.78 is 1.95. The van der Waals surface area contributed by atoms with Crippen LogP contribution in [0.1, 0.15) is 11.1 Å². The average molecular weight is 291 g/mol. The monoisotopic (exact) mass is 291 g/mol. The van der Waals surface area contributed by atoms with Gasteiger partial charge in [0.05, 0.1) is 12.2 Å². The van der Waals surface area contributed by atoms with Crippen LogP contribution in [0.4, 0.5) is 10.8 Å². The van der Waals surface area contributed by atoms with Gasteiger partial charge in [-0.3, -0.25) is 0 Å². The molecule has 0 aliphatic heterocycles. The third-order valence-corrected chi connectivity index (χ3v) is 3.34. The second kappa shape index (κ2) is 7.87. The highest BCUT2D eigenvalue weighted by Gasteiger charge is 2.07. The van der Waals surface area contributed by atoms with Crippen LogP contribution in [0, 0.1) is 13.8 Å². The Morgan fingerprint density at radius 2 is 1.70 bits per heavy atom. The average Bonchev–Trinajstić information content (AvgIpc) is 2.76. The normalized spacial score (nSPS) is 10.8. The summed E-state index contributed by atoms with van der Waals surface area (Å²) in [5.41, 5.74) is 3.42. The van der Waals surface area contributed by atoms with E-state index in [1.54, 1.807) is 11.3 Å². The largest absolute Gasteiger partial charge is 0.408 e. The highest BCUT2D eigenvalue weighted by Crippen LogP contribution is 2.20. The summed E-state index contributed by atoms with van der Waals surface area (Å²) in [5, 5.41) is 11.3. The molecular weight excluding hydrogens is 268 g/mol. The zero-order chi connectivity index (χ0) is 15.1. The Bertz CT molecular complexity index is 570. The number of thiazole rings is 1. The van der Waals surface area contributed by atoms with Crippen LogP contribution in [-0.4, -0.2) is 26.0 Å². The summed E-state index contributed by atoms with van der Waals surface area (Å²) >= 11 is 1.58. The number of rotatable bonds is 2. The smallest absolute Gasteiger partial charge is 0.312 e. The van der Waals surface area contributed by atoms with Gasteiger partial charge in [-0.05, 0) is 74.7 Å². The van der Waals surface area contributed by atoms with E-state index in [4.69, 9.17) is 0 Å². The second-order valence-corrected chi connectivity index (χ2v) is 5.98. The Morgan fingerprint density at radius 3 is 2.20 bits per heavy atom. The predicted molar refractivity (Wildman–Crippen MR) is 85.2 cm³/mol. The molecule has 108 valence electrons. The van der Waals surface area contributed by atoms with Gasteiger partial charge in [0, 0.05) is 5.38 Å². The summed E-state index contributed by atoms with van der Waals surface area (Å²) in [6, 6.07) is 6.10. The van der Waals surface area contributed by atoms with Gasteiger partial charge >= 0.3 is 5.13 Å². The zero-order valence-electron chi connectivity index (χ0n) is 13.1. The van der Waals surface area contributed by atoms with Gasteiger partial charge in [0.1, 0.15) is 11.9 Å². The zero-order valence-corrected chi connectivity index (χ0v) is 13.9. The number of hydrogen-bond acceptors (Lipinski definition) is 4. The van der Waals surface area contributed by atoms with Crippen molar-refractivity contribution in [2.45, 2.75) is 13.8 Å². The van der Waals surface area contributed by atoms with Gasteiger partial charge in [0.25, 0.3) is 0 Å². The molecule has 0 bridgehead atoms. The number of azo groups is 1. The van der Waals surface area contributed by atoms with Crippen molar-refractivity contribution in [2.24, 2.45) is 17.3 Å². The van der Waals surface area contributed by atoms with Crippen LogP contribution >= 0.6 is 11.3 Å². The predicted octanol–water partition coefficient (Wildman–Crippen LogP) is 3.78. The molecule has 0 amide bonds. The number of benzene rings is 1. The van der Waals surface area contributed by atoms with Crippen LogP contribution in [0.5, 0.6) is 0 Å². The van der Waals surface area contributed by atoms with E-state index in [0.717, 1.165) is 10.8 Å². The van der Waals surface area contributed by atoms with Gasteiger partial charge in [-0.15, -0.1) is 0 Å². The minimum Gasteiger partial charge on any atom is -0.312 e. The number of nitrogens with zero attached hydrogens (tertiary/aromatic N) is 4. The number of aromatic nitrogens is 1. The summed E-state index contributed by atoms with van der Waals surface area (Å²) in [6.45, 7) is 4.18. The lowest BCUT2D eigenvalue weighted by Gasteiger charge is -1.97. The van der Waals surface area contributed by atoms with Crippen LogP contribution in [0.2, 0.25) is 0 Å². The van der Waals surface area contributed by atoms with Crippen LogP contribution in [0.15, 0.2) is 40.0 Å². The topological polar surface area (TPSA) is 31.8 Å². The van der Waals surface area contributed by atoms with E-state index < -0.39 is 0 Å². The summed E-state index contributed by atoms with van der Waals surface area (Å²) in [5.74, 6) is 0. The highest BCUT2D eigenvalue weighted by atomic mass is 32.1. The van der Waals surface area contributed by atoms with Crippen molar-refractivity contribution in [1.82, 2.24) is 4.90 Å². The maximum absolute atomic E-state index is 4.23. The maximum Gasteiger partial charge on any atom is 0.408 e.